The molecule has 1 aromatic heterocycles. The number of amides is 1. The van der Waals surface area contributed by atoms with Crippen LogP contribution in [0.3, 0.4) is 0 Å². The number of aromatic amines is 1. The zero-order valence-corrected chi connectivity index (χ0v) is 13.1. The van der Waals surface area contributed by atoms with Crippen molar-refractivity contribution in [2.24, 2.45) is 0 Å². The third-order valence-electron chi connectivity index (χ3n) is 3.65. The van der Waals surface area contributed by atoms with Crippen LogP contribution in [0.4, 0.5) is 15.8 Å². The van der Waals surface area contributed by atoms with Crippen molar-refractivity contribution < 1.29 is 13.6 Å². The van der Waals surface area contributed by atoms with Crippen molar-refractivity contribution >= 4 is 28.4 Å². The minimum atomic E-state index is -0.566. The van der Waals surface area contributed by atoms with Gasteiger partial charge in [0, 0.05) is 11.4 Å². The van der Waals surface area contributed by atoms with Crippen molar-refractivity contribution in [3.63, 3.8) is 0 Å². The van der Waals surface area contributed by atoms with E-state index >= 15 is 0 Å². The number of oxazole rings is 1. The molecule has 6 nitrogen and oxygen atoms in total. The molecule has 3 N–H and O–H groups in total. The van der Waals surface area contributed by atoms with E-state index in [-0.39, 0.29) is 5.91 Å². The fourth-order valence-corrected chi connectivity index (χ4v) is 2.33. The summed E-state index contributed by atoms with van der Waals surface area (Å²) in [7, 11) is 0. The number of carbonyl (C=O) groups excluding carboxylic acids is 1. The molecule has 0 fully saturated rings. The first kappa shape index (κ1) is 15.8. The minimum absolute atomic E-state index is 0.301. The van der Waals surface area contributed by atoms with Crippen molar-refractivity contribution in [3.8, 4) is 0 Å². The maximum atomic E-state index is 13.3. The van der Waals surface area contributed by atoms with E-state index < -0.39 is 17.6 Å². The molecule has 0 spiro atoms. The van der Waals surface area contributed by atoms with E-state index in [4.69, 9.17) is 4.42 Å². The minimum Gasteiger partial charge on any atom is -0.408 e. The lowest BCUT2D eigenvalue weighted by Crippen LogP contribution is -2.32. The smallest absolute Gasteiger partial charge is 0.408 e. The molecule has 1 heterocycles. The monoisotopic (exact) mass is 329 g/mol. The van der Waals surface area contributed by atoms with E-state index in [0.29, 0.717) is 22.5 Å². The average molecular weight is 329 g/mol. The Bertz CT molecular complexity index is 961. The van der Waals surface area contributed by atoms with Gasteiger partial charge in [0.25, 0.3) is 0 Å². The van der Waals surface area contributed by atoms with Gasteiger partial charge in [-0.3, -0.25) is 9.78 Å². The number of halogens is 1. The van der Waals surface area contributed by atoms with Gasteiger partial charge in [0.1, 0.15) is 11.9 Å². The van der Waals surface area contributed by atoms with Crippen LogP contribution in [-0.2, 0) is 4.79 Å². The van der Waals surface area contributed by atoms with Crippen LogP contribution in [0.15, 0.2) is 45.6 Å². The van der Waals surface area contributed by atoms with Crippen molar-refractivity contribution in [1.82, 2.24) is 4.98 Å². The third kappa shape index (κ3) is 3.29. The largest absolute Gasteiger partial charge is 0.417 e. The Hall–Kier alpha value is -3.09. The number of fused-ring (bicyclic) bond motifs is 1. The summed E-state index contributed by atoms with van der Waals surface area (Å²) in [6.07, 6.45) is 0. The number of carbonyl (C=O) groups is 1. The molecule has 3 rings (SSSR count). The van der Waals surface area contributed by atoms with Gasteiger partial charge in [0.15, 0.2) is 5.58 Å². The van der Waals surface area contributed by atoms with E-state index in [9.17, 15) is 14.0 Å². The number of H-pyrrole nitrogens is 1. The highest BCUT2D eigenvalue weighted by Gasteiger charge is 2.15. The van der Waals surface area contributed by atoms with Gasteiger partial charge in [-0.05, 0) is 49.7 Å². The molecule has 1 atom stereocenters. The van der Waals surface area contributed by atoms with Crippen LogP contribution in [0.5, 0.6) is 0 Å². The van der Waals surface area contributed by atoms with Crippen LogP contribution < -0.4 is 16.4 Å². The van der Waals surface area contributed by atoms with E-state index in [1.807, 2.05) is 0 Å². The number of anilines is 2. The molecule has 0 saturated heterocycles. The highest BCUT2D eigenvalue weighted by atomic mass is 19.1. The van der Waals surface area contributed by atoms with Crippen molar-refractivity contribution in [1.29, 1.82) is 0 Å². The van der Waals surface area contributed by atoms with Gasteiger partial charge in [-0.25, -0.2) is 9.18 Å². The quantitative estimate of drug-likeness (QED) is 0.687. The van der Waals surface area contributed by atoms with Crippen LogP contribution in [0.2, 0.25) is 0 Å². The number of hydrogen-bond donors (Lipinski definition) is 3. The summed E-state index contributed by atoms with van der Waals surface area (Å²) >= 11 is 0. The summed E-state index contributed by atoms with van der Waals surface area (Å²) in [5.41, 5.74) is 2.84. The van der Waals surface area contributed by atoms with Crippen molar-refractivity contribution in [2.45, 2.75) is 19.9 Å². The number of aryl methyl sites for hydroxylation is 1. The summed E-state index contributed by atoms with van der Waals surface area (Å²) in [4.78, 5) is 26.0. The molecular formula is C17H16FN3O3. The van der Waals surface area contributed by atoms with Crippen LogP contribution >= 0.6 is 0 Å². The second-order valence-electron chi connectivity index (χ2n) is 5.54. The highest BCUT2D eigenvalue weighted by Crippen LogP contribution is 2.19. The van der Waals surface area contributed by atoms with E-state index in [0.717, 1.165) is 5.56 Å². The number of rotatable bonds is 4. The van der Waals surface area contributed by atoms with Crippen LogP contribution in [0.25, 0.3) is 11.1 Å². The lowest BCUT2D eigenvalue weighted by molar-refractivity contribution is -0.116. The Morgan fingerprint density at radius 1 is 1.25 bits per heavy atom. The summed E-state index contributed by atoms with van der Waals surface area (Å²) < 4.78 is 18.2. The van der Waals surface area contributed by atoms with Gasteiger partial charge in [0.2, 0.25) is 5.91 Å². The van der Waals surface area contributed by atoms with Crippen LogP contribution in [-0.4, -0.2) is 16.9 Å². The number of nitrogens with one attached hydrogen (secondary N) is 3. The summed E-state index contributed by atoms with van der Waals surface area (Å²) in [6.45, 7) is 3.47. The fourth-order valence-electron chi connectivity index (χ4n) is 2.33. The SMILES string of the molecule is Cc1ccc(F)cc1NC(=O)[C@@H](C)Nc1ccc2oc(=O)[nH]c2c1. The first-order chi connectivity index (χ1) is 11.4. The van der Waals surface area contributed by atoms with Gasteiger partial charge in [-0.15, -0.1) is 0 Å². The number of aromatic nitrogens is 1. The molecule has 3 aromatic rings. The molecule has 0 saturated carbocycles. The van der Waals surface area contributed by atoms with Gasteiger partial charge >= 0.3 is 5.76 Å². The molecule has 0 aliphatic carbocycles. The Kier molecular flexibility index (Phi) is 4.07. The standard InChI is InChI=1S/C17H16FN3O3/c1-9-3-4-11(18)7-13(9)20-16(22)10(2)19-12-5-6-15-14(8-12)21-17(23)24-15/h3-8,10,19H,1-2H3,(H,20,22)(H,21,23)/t10-/m1/s1. The molecule has 0 bridgehead atoms. The van der Waals surface area contributed by atoms with E-state index in [1.54, 1.807) is 38.1 Å². The van der Waals surface area contributed by atoms with Crippen molar-refractivity contribution in [2.75, 3.05) is 10.6 Å². The lowest BCUT2D eigenvalue weighted by Gasteiger charge is -2.16. The normalized spacial score (nSPS) is 12.1. The van der Waals surface area contributed by atoms with Gasteiger partial charge < -0.3 is 15.1 Å². The zero-order chi connectivity index (χ0) is 17.3. The maximum absolute atomic E-state index is 13.3. The van der Waals surface area contributed by atoms with Gasteiger partial charge in [0.05, 0.1) is 5.52 Å². The molecule has 0 aliphatic rings. The molecule has 124 valence electrons. The maximum Gasteiger partial charge on any atom is 0.417 e. The molecule has 0 unspecified atom stereocenters. The van der Waals surface area contributed by atoms with Gasteiger partial charge in [-0.1, -0.05) is 6.07 Å². The predicted molar refractivity (Wildman–Crippen MR) is 89.7 cm³/mol. The molecule has 24 heavy (non-hydrogen) atoms. The molecule has 0 radical (unpaired) electrons. The number of benzene rings is 2. The fraction of sp³-hybridized carbons (Fsp3) is 0.176. The first-order valence-corrected chi connectivity index (χ1v) is 7.39. The summed E-state index contributed by atoms with van der Waals surface area (Å²) in [5.74, 6) is -1.25. The Balaban J connectivity index is 1.72. The topological polar surface area (TPSA) is 87.1 Å². The Labute approximate surface area is 136 Å². The van der Waals surface area contributed by atoms with Crippen molar-refractivity contribution in [3.05, 3.63) is 58.3 Å². The molecule has 1 amide bonds. The van der Waals surface area contributed by atoms with Gasteiger partial charge in [-0.2, -0.15) is 0 Å². The Morgan fingerprint density at radius 3 is 2.83 bits per heavy atom. The third-order valence-corrected chi connectivity index (χ3v) is 3.65. The van der Waals surface area contributed by atoms with E-state index in [2.05, 4.69) is 15.6 Å². The Morgan fingerprint density at radius 2 is 2.04 bits per heavy atom. The average Bonchev–Trinajstić information content (AvgIpc) is 2.90. The summed E-state index contributed by atoms with van der Waals surface area (Å²) in [5, 5.41) is 5.72. The molecule has 2 aromatic carbocycles. The first-order valence-electron chi connectivity index (χ1n) is 7.39. The van der Waals surface area contributed by atoms with Crippen LogP contribution in [0.1, 0.15) is 12.5 Å². The van der Waals surface area contributed by atoms with Crippen LogP contribution in [0, 0.1) is 12.7 Å². The lowest BCUT2D eigenvalue weighted by atomic mass is 10.2. The molecular weight excluding hydrogens is 313 g/mol. The molecule has 0 aliphatic heterocycles. The second-order valence-corrected chi connectivity index (χ2v) is 5.54. The summed E-state index contributed by atoms with van der Waals surface area (Å²) in [6, 6.07) is 8.68. The predicted octanol–water partition coefficient (Wildman–Crippen LogP) is 3.01. The zero-order valence-electron chi connectivity index (χ0n) is 13.1. The van der Waals surface area contributed by atoms with E-state index in [1.165, 1.54) is 12.1 Å². The highest BCUT2D eigenvalue weighted by molar-refractivity contribution is 5.97. The molecule has 7 heteroatoms. The second kappa shape index (κ2) is 6.19. The number of hydrogen-bond acceptors (Lipinski definition) is 4.